The number of fused-ring (bicyclic) bond motifs is 3. The highest BCUT2D eigenvalue weighted by atomic mass is 16.5. The van der Waals surface area contributed by atoms with Gasteiger partial charge in [0, 0.05) is 0 Å². The molecule has 2 nitrogen and oxygen atoms in total. The van der Waals surface area contributed by atoms with E-state index < -0.39 is 0 Å². The Labute approximate surface area is 156 Å². The van der Waals surface area contributed by atoms with Crippen LogP contribution in [0.2, 0.25) is 0 Å². The fourth-order valence-electron chi connectivity index (χ4n) is 4.67. The van der Waals surface area contributed by atoms with Crippen molar-refractivity contribution in [1.29, 1.82) is 0 Å². The molecule has 2 heteroatoms. The SMILES string of the molecule is CCC[C@H]1CC[C@H](C(=O)Oc2ccc3c(c2)CCc2ccccc2-3)CC1. The number of hydrogen-bond donors (Lipinski definition) is 0. The quantitative estimate of drug-likeness (QED) is 0.503. The second kappa shape index (κ2) is 7.65. The molecule has 0 aromatic heterocycles. The number of benzene rings is 2. The van der Waals surface area contributed by atoms with Gasteiger partial charge in [-0.3, -0.25) is 4.79 Å². The number of carbonyl (C=O) groups is 1. The van der Waals surface area contributed by atoms with Crippen molar-refractivity contribution in [2.24, 2.45) is 11.8 Å². The molecule has 4 rings (SSSR count). The molecule has 1 saturated carbocycles. The number of aryl methyl sites for hydroxylation is 2. The van der Waals surface area contributed by atoms with Gasteiger partial charge in [-0.2, -0.15) is 0 Å². The zero-order valence-electron chi connectivity index (χ0n) is 15.7. The van der Waals surface area contributed by atoms with E-state index in [1.165, 1.54) is 47.9 Å². The molecular weight excluding hydrogens is 320 g/mol. The molecular formula is C24H28O2. The Kier molecular flexibility index (Phi) is 5.10. The van der Waals surface area contributed by atoms with Crippen LogP contribution in [0.15, 0.2) is 42.5 Å². The first kappa shape index (κ1) is 17.3. The summed E-state index contributed by atoms with van der Waals surface area (Å²) in [7, 11) is 0. The third-order valence-corrected chi connectivity index (χ3v) is 6.14. The first-order valence-electron chi connectivity index (χ1n) is 10.2. The lowest BCUT2D eigenvalue weighted by Gasteiger charge is -2.27. The molecule has 2 aliphatic carbocycles. The minimum atomic E-state index is -0.0314. The third-order valence-electron chi connectivity index (χ3n) is 6.14. The first-order valence-corrected chi connectivity index (χ1v) is 10.2. The molecule has 1 fully saturated rings. The van der Waals surface area contributed by atoms with Gasteiger partial charge in [-0.15, -0.1) is 0 Å². The number of ether oxygens (including phenoxy) is 1. The van der Waals surface area contributed by atoms with E-state index >= 15 is 0 Å². The normalized spacial score (nSPS) is 21.6. The van der Waals surface area contributed by atoms with E-state index in [-0.39, 0.29) is 11.9 Å². The van der Waals surface area contributed by atoms with Crippen molar-refractivity contribution in [3.05, 3.63) is 53.6 Å². The van der Waals surface area contributed by atoms with Crippen LogP contribution in [-0.2, 0) is 17.6 Å². The van der Waals surface area contributed by atoms with Crippen LogP contribution in [0.1, 0.15) is 56.6 Å². The summed E-state index contributed by atoms with van der Waals surface area (Å²) in [6.45, 7) is 2.24. The Morgan fingerprint density at radius 2 is 1.69 bits per heavy atom. The lowest BCUT2D eigenvalue weighted by Crippen LogP contribution is -2.25. The van der Waals surface area contributed by atoms with E-state index in [2.05, 4.69) is 43.3 Å². The summed E-state index contributed by atoms with van der Waals surface area (Å²) < 4.78 is 5.76. The van der Waals surface area contributed by atoms with Crippen molar-refractivity contribution in [2.45, 2.75) is 58.3 Å². The molecule has 26 heavy (non-hydrogen) atoms. The van der Waals surface area contributed by atoms with E-state index in [1.807, 2.05) is 6.07 Å². The van der Waals surface area contributed by atoms with Crippen molar-refractivity contribution in [3.63, 3.8) is 0 Å². The second-order valence-electron chi connectivity index (χ2n) is 7.90. The predicted octanol–water partition coefficient (Wildman–Crippen LogP) is 5.96. The van der Waals surface area contributed by atoms with Crippen LogP contribution < -0.4 is 4.74 Å². The van der Waals surface area contributed by atoms with Crippen LogP contribution in [0, 0.1) is 11.8 Å². The van der Waals surface area contributed by atoms with Crippen molar-refractivity contribution in [2.75, 3.05) is 0 Å². The topological polar surface area (TPSA) is 26.3 Å². The number of rotatable bonds is 4. The van der Waals surface area contributed by atoms with Gasteiger partial charge in [0.2, 0.25) is 0 Å². The van der Waals surface area contributed by atoms with Crippen LogP contribution in [0.25, 0.3) is 11.1 Å². The van der Waals surface area contributed by atoms with Gasteiger partial charge in [-0.1, -0.05) is 50.1 Å². The fraction of sp³-hybridized carbons (Fsp3) is 0.458. The van der Waals surface area contributed by atoms with Gasteiger partial charge >= 0.3 is 5.97 Å². The minimum absolute atomic E-state index is 0.0314. The predicted molar refractivity (Wildman–Crippen MR) is 105 cm³/mol. The highest BCUT2D eigenvalue weighted by Gasteiger charge is 2.27. The number of esters is 1. The summed E-state index contributed by atoms with van der Waals surface area (Å²) in [5, 5.41) is 0. The maximum atomic E-state index is 12.6. The lowest BCUT2D eigenvalue weighted by molar-refractivity contribution is -0.140. The van der Waals surface area contributed by atoms with Gasteiger partial charge < -0.3 is 4.74 Å². The molecule has 0 spiro atoms. The van der Waals surface area contributed by atoms with Gasteiger partial charge in [0.05, 0.1) is 5.92 Å². The Balaban J connectivity index is 1.43. The molecule has 136 valence electrons. The average molecular weight is 348 g/mol. The van der Waals surface area contributed by atoms with Gasteiger partial charge in [0.1, 0.15) is 5.75 Å². The smallest absolute Gasteiger partial charge is 0.314 e. The summed E-state index contributed by atoms with van der Waals surface area (Å²) in [5.74, 6) is 1.58. The van der Waals surface area contributed by atoms with E-state index in [1.54, 1.807) is 0 Å². The summed E-state index contributed by atoms with van der Waals surface area (Å²) in [4.78, 5) is 12.6. The van der Waals surface area contributed by atoms with Gasteiger partial charge in [0.15, 0.2) is 0 Å². The zero-order valence-corrected chi connectivity index (χ0v) is 15.7. The molecule has 0 bridgehead atoms. The molecule has 0 amide bonds. The van der Waals surface area contributed by atoms with Crippen molar-refractivity contribution < 1.29 is 9.53 Å². The maximum Gasteiger partial charge on any atom is 0.314 e. The molecule has 0 atom stereocenters. The van der Waals surface area contributed by atoms with Crippen molar-refractivity contribution in [3.8, 4) is 16.9 Å². The van der Waals surface area contributed by atoms with Crippen LogP contribution in [0.4, 0.5) is 0 Å². The highest BCUT2D eigenvalue weighted by Crippen LogP contribution is 2.36. The number of hydrogen-bond acceptors (Lipinski definition) is 2. The minimum Gasteiger partial charge on any atom is -0.426 e. The average Bonchev–Trinajstić information content (AvgIpc) is 2.68. The Morgan fingerprint density at radius 1 is 0.962 bits per heavy atom. The van der Waals surface area contributed by atoms with Crippen molar-refractivity contribution in [1.82, 2.24) is 0 Å². The Hall–Kier alpha value is -2.09. The van der Waals surface area contributed by atoms with Crippen LogP contribution in [0.3, 0.4) is 0 Å². The first-order chi connectivity index (χ1) is 12.7. The van der Waals surface area contributed by atoms with Gasteiger partial charge in [0.25, 0.3) is 0 Å². The third kappa shape index (κ3) is 3.56. The molecule has 0 radical (unpaired) electrons. The highest BCUT2D eigenvalue weighted by molar-refractivity contribution is 5.77. The molecule has 0 N–H and O–H groups in total. The van der Waals surface area contributed by atoms with E-state index in [0.717, 1.165) is 31.6 Å². The molecule has 0 heterocycles. The summed E-state index contributed by atoms with van der Waals surface area (Å²) >= 11 is 0. The van der Waals surface area contributed by atoms with Crippen LogP contribution in [-0.4, -0.2) is 5.97 Å². The molecule has 0 saturated heterocycles. The fourth-order valence-corrected chi connectivity index (χ4v) is 4.67. The zero-order chi connectivity index (χ0) is 17.9. The summed E-state index contributed by atoms with van der Waals surface area (Å²) in [6, 6.07) is 14.8. The summed E-state index contributed by atoms with van der Waals surface area (Å²) in [6.07, 6.45) is 8.95. The van der Waals surface area contributed by atoms with Crippen LogP contribution >= 0.6 is 0 Å². The van der Waals surface area contributed by atoms with Gasteiger partial charge in [-0.05, 0) is 78.8 Å². The molecule has 2 aromatic rings. The largest absolute Gasteiger partial charge is 0.426 e. The van der Waals surface area contributed by atoms with Gasteiger partial charge in [-0.25, -0.2) is 0 Å². The standard InChI is InChI=1S/C24H28O2/c1-2-5-17-8-10-19(11-9-17)24(25)26-21-14-15-23-20(16-21)13-12-18-6-3-4-7-22(18)23/h3-4,6-7,14-17,19H,2,5,8-13H2,1H3/t17-,19-. The molecule has 0 unspecified atom stereocenters. The second-order valence-corrected chi connectivity index (χ2v) is 7.90. The molecule has 2 aromatic carbocycles. The lowest BCUT2D eigenvalue weighted by atomic mass is 9.80. The van der Waals surface area contributed by atoms with E-state index in [9.17, 15) is 4.79 Å². The van der Waals surface area contributed by atoms with Crippen LogP contribution in [0.5, 0.6) is 5.75 Å². The monoisotopic (exact) mass is 348 g/mol. The number of carbonyl (C=O) groups excluding carboxylic acids is 1. The Morgan fingerprint density at radius 3 is 2.50 bits per heavy atom. The van der Waals surface area contributed by atoms with Crippen molar-refractivity contribution >= 4 is 5.97 Å². The Bertz CT molecular complexity index is 785. The molecule has 2 aliphatic rings. The molecule has 0 aliphatic heterocycles. The van der Waals surface area contributed by atoms with E-state index in [0.29, 0.717) is 5.75 Å². The van der Waals surface area contributed by atoms with E-state index in [4.69, 9.17) is 4.74 Å². The maximum absolute atomic E-state index is 12.6. The summed E-state index contributed by atoms with van der Waals surface area (Å²) in [5.41, 5.74) is 5.31.